The number of carboxylic acid groups (broad SMARTS) is 1. The zero-order valence-corrected chi connectivity index (χ0v) is 10.5. The van der Waals surface area contributed by atoms with Crippen LogP contribution in [0.1, 0.15) is 24.8 Å². The van der Waals surface area contributed by atoms with Crippen LogP contribution in [0.3, 0.4) is 0 Å². The van der Waals surface area contributed by atoms with E-state index in [1.165, 1.54) is 6.07 Å². The number of carbonyl (C=O) groups is 1. The fraction of sp³-hybridized carbons (Fsp3) is 0.429. The molecule has 1 saturated heterocycles. The molecule has 1 aliphatic heterocycles. The number of benzene rings is 1. The molecule has 1 N–H and O–H groups in total. The van der Waals surface area contributed by atoms with Crippen molar-refractivity contribution in [2.75, 3.05) is 18.0 Å². The van der Waals surface area contributed by atoms with Crippen LogP contribution in [0.5, 0.6) is 0 Å². The quantitative estimate of drug-likeness (QED) is 0.908. The number of hydrogen-bond acceptors (Lipinski definition) is 3. The van der Waals surface area contributed by atoms with Crippen molar-refractivity contribution in [1.82, 2.24) is 0 Å². The van der Waals surface area contributed by atoms with E-state index in [2.05, 4.69) is 0 Å². The highest BCUT2D eigenvalue weighted by atomic mass is 19.1. The number of halogens is 1. The predicted molar refractivity (Wildman–Crippen MR) is 68.3 cm³/mol. The highest BCUT2D eigenvalue weighted by molar-refractivity contribution is 5.67. The summed E-state index contributed by atoms with van der Waals surface area (Å²) in [4.78, 5) is 12.6. The van der Waals surface area contributed by atoms with Crippen molar-refractivity contribution in [3.05, 3.63) is 29.6 Å². The second-order valence-corrected chi connectivity index (χ2v) is 4.81. The molecule has 0 aromatic heterocycles. The van der Waals surface area contributed by atoms with Crippen LogP contribution in [0.4, 0.5) is 10.1 Å². The summed E-state index contributed by atoms with van der Waals surface area (Å²) in [5, 5.41) is 17.4. The monoisotopic (exact) mass is 262 g/mol. The maximum absolute atomic E-state index is 13.8. The molecule has 0 saturated carbocycles. The Hall–Kier alpha value is -2.09. The van der Waals surface area contributed by atoms with Crippen LogP contribution in [0, 0.1) is 23.1 Å². The molecule has 1 heterocycles. The smallest absolute Gasteiger partial charge is 0.303 e. The third-order valence-electron chi connectivity index (χ3n) is 3.50. The molecule has 0 bridgehead atoms. The van der Waals surface area contributed by atoms with Gasteiger partial charge in [-0.3, -0.25) is 4.79 Å². The van der Waals surface area contributed by atoms with Gasteiger partial charge in [-0.25, -0.2) is 4.39 Å². The SMILES string of the molecule is N#Cc1ccc(N2CCC(CC(=O)O)CC2)c(F)c1. The van der Waals surface area contributed by atoms with E-state index in [4.69, 9.17) is 10.4 Å². The van der Waals surface area contributed by atoms with E-state index in [1.807, 2.05) is 11.0 Å². The molecule has 4 nitrogen and oxygen atoms in total. The van der Waals surface area contributed by atoms with E-state index >= 15 is 0 Å². The lowest BCUT2D eigenvalue weighted by Gasteiger charge is -2.33. The van der Waals surface area contributed by atoms with Crippen LogP contribution in [-0.2, 0) is 4.79 Å². The van der Waals surface area contributed by atoms with Crippen molar-refractivity contribution in [3.63, 3.8) is 0 Å². The van der Waals surface area contributed by atoms with Crippen LogP contribution in [0.25, 0.3) is 0 Å². The highest BCUT2D eigenvalue weighted by Crippen LogP contribution is 2.27. The number of anilines is 1. The Kier molecular flexibility index (Phi) is 4.00. The minimum Gasteiger partial charge on any atom is -0.481 e. The van der Waals surface area contributed by atoms with E-state index in [1.54, 1.807) is 12.1 Å². The molecule has 1 fully saturated rings. The summed E-state index contributed by atoms with van der Waals surface area (Å²) in [5.74, 6) is -0.992. The van der Waals surface area contributed by atoms with Crippen molar-refractivity contribution in [3.8, 4) is 6.07 Å². The molecule has 0 aliphatic carbocycles. The van der Waals surface area contributed by atoms with Gasteiger partial charge in [-0.15, -0.1) is 0 Å². The summed E-state index contributed by atoms with van der Waals surface area (Å²) < 4.78 is 13.8. The summed E-state index contributed by atoms with van der Waals surface area (Å²) in [6.45, 7) is 1.31. The summed E-state index contributed by atoms with van der Waals surface area (Å²) in [5.41, 5.74) is 0.801. The van der Waals surface area contributed by atoms with Gasteiger partial charge in [-0.1, -0.05) is 0 Å². The van der Waals surface area contributed by atoms with Crippen LogP contribution < -0.4 is 4.90 Å². The second kappa shape index (κ2) is 5.70. The molecule has 0 radical (unpaired) electrons. The largest absolute Gasteiger partial charge is 0.481 e. The van der Waals surface area contributed by atoms with Crippen molar-refractivity contribution in [1.29, 1.82) is 5.26 Å². The Morgan fingerprint density at radius 1 is 1.47 bits per heavy atom. The van der Waals surface area contributed by atoms with Crippen LogP contribution >= 0.6 is 0 Å². The molecule has 1 aromatic carbocycles. The van der Waals surface area contributed by atoms with E-state index in [9.17, 15) is 9.18 Å². The van der Waals surface area contributed by atoms with Gasteiger partial charge in [0.05, 0.1) is 17.3 Å². The van der Waals surface area contributed by atoms with Gasteiger partial charge >= 0.3 is 5.97 Å². The van der Waals surface area contributed by atoms with Gasteiger partial charge in [-0.2, -0.15) is 5.26 Å². The maximum atomic E-state index is 13.8. The average Bonchev–Trinajstić information content (AvgIpc) is 2.39. The Labute approximate surface area is 111 Å². The van der Waals surface area contributed by atoms with E-state index in [-0.39, 0.29) is 12.3 Å². The maximum Gasteiger partial charge on any atom is 0.303 e. The molecule has 0 atom stereocenters. The number of rotatable bonds is 3. The van der Waals surface area contributed by atoms with Gasteiger partial charge in [0, 0.05) is 19.5 Å². The third-order valence-corrected chi connectivity index (χ3v) is 3.50. The molecule has 19 heavy (non-hydrogen) atoms. The lowest BCUT2D eigenvalue weighted by Crippen LogP contribution is -2.34. The van der Waals surface area contributed by atoms with E-state index < -0.39 is 11.8 Å². The molecule has 5 heteroatoms. The third kappa shape index (κ3) is 3.22. The Balaban J connectivity index is 2.02. The number of nitriles is 1. The first-order valence-electron chi connectivity index (χ1n) is 6.26. The van der Waals surface area contributed by atoms with Crippen LogP contribution in [0.2, 0.25) is 0 Å². The van der Waals surface area contributed by atoms with E-state index in [0.29, 0.717) is 24.3 Å². The molecule has 100 valence electrons. The first kappa shape index (κ1) is 13.3. The van der Waals surface area contributed by atoms with Gasteiger partial charge in [0.15, 0.2) is 0 Å². The minimum atomic E-state index is -0.775. The summed E-state index contributed by atoms with van der Waals surface area (Å²) in [6, 6.07) is 6.35. The van der Waals surface area contributed by atoms with Gasteiger partial charge in [0.2, 0.25) is 0 Å². The van der Waals surface area contributed by atoms with Gasteiger partial charge in [0.1, 0.15) is 5.82 Å². The van der Waals surface area contributed by atoms with Gasteiger partial charge in [-0.05, 0) is 37.0 Å². The van der Waals surface area contributed by atoms with Gasteiger partial charge < -0.3 is 10.0 Å². The molecular formula is C14H15FN2O2. The van der Waals surface area contributed by atoms with E-state index in [0.717, 1.165) is 12.8 Å². The molecule has 2 rings (SSSR count). The summed E-state index contributed by atoms with van der Waals surface area (Å²) in [6.07, 6.45) is 1.70. The Morgan fingerprint density at radius 2 is 2.16 bits per heavy atom. The van der Waals surface area contributed by atoms with Crippen molar-refractivity contribution >= 4 is 11.7 Å². The molecular weight excluding hydrogens is 247 g/mol. The minimum absolute atomic E-state index is 0.176. The Bertz CT molecular complexity index is 517. The lowest BCUT2D eigenvalue weighted by molar-refractivity contribution is -0.138. The molecule has 0 spiro atoms. The van der Waals surface area contributed by atoms with Crippen molar-refractivity contribution < 1.29 is 14.3 Å². The topological polar surface area (TPSA) is 64.3 Å². The standard InChI is InChI=1S/C14H15FN2O2/c15-12-7-11(9-16)1-2-13(12)17-5-3-10(4-6-17)8-14(18)19/h1-2,7,10H,3-6,8H2,(H,18,19). The number of nitrogens with zero attached hydrogens (tertiary/aromatic N) is 2. The normalized spacial score (nSPS) is 16.1. The van der Waals surface area contributed by atoms with Crippen molar-refractivity contribution in [2.45, 2.75) is 19.3 Å². The first-order valence-corrected chi connectivity index (χ1v) is 6.26. The van der Waals surface area contributed by atoms with Gasteiger partial charge in [0.25, 0.3) is 0 Å². The fourth-order valence-electron chi connectivity index (χ4n) is 2.46. The highest BCUT2D eigenvalue weighted by Gasteiger charge is 2.22. The first-order chi connectivity index (χ1) is 9.10. The molecule has 0 amide bonds. The fourth-order valence-corrected chi connectivity index (χ4v) is 2.46. The zero-order valence-electron chi connectivity index (χ0n) is 10.5. The van der Waals surface area contributed by atoms with Crippen LogP contribution in [-0.4, -0.2) is 24.2 Å². The molecule has 1 aliphatic rings. The Morgan fingerprint density at radius 3 is 2.68 bits per heavy atom. The zero-order chi connectivity index (χ0) is 13.8. The lowest BCUT2D eigenvalue weighted by atomic mass is 9.93. The van der Waals surface area contributed by atoms with Crippen LogP contribution in [0.15, 0.2) is 18.2 Å². The number of hydrogen-bond donors (Lipinski definition) is 1. The second-order valence-electron chi connectivity index (χ2n) is 4.81. The summed E-state index contributed by atoms with van der Waals surface area (Å²) in [7, 11) is 0. The average molecular weight is 262 g/mol. The molecule has 0 unspecified atom stereocenters. The number of aliphatic carboxylic acids is 1. The molecule has 1 aromatic rings. The number of carboxylic acids is 1. The number of piperidine rings is 1. The summed E-state index contributed by atoms with van der Waals surface area (Å²) >= 11 is 0. The predicted octanol–water partition coefficient (Wildman–Crippen LogP) is 2.39. The van der Waals surface area contributed by atoms with Crippen molar-refractivity contribution in [2.24, 2.45) is 5.92 Å².